The number of hydrogen-bond acceptors (Lipinski definition) is 7. The number of likely N-dealkylation sites (tertiary alicyclic amines) is 1. The summed E-state index contributed by atoms with van der Waals surface area (Å²) in [6, 6.07) is 8.02. The number of allylic oxidation sites excluding steroid dienone is 1. The maximum atomic E-state index is 14.9. The molecular weight excluding hydrogens is 714 g/mol. The summed E-state index contributed by atoms with van der Waals surface area (Å²) in [6.45, 7) is 10.4. The normalized spacial score (nSPS) is 28.2. The molecular formula is C40H56BrN3O7. The Balaban J connectivity index is 1.47. The quantitative estimate of drug-likeness (QED) is 0.0878. The van der Waals surface area contributed by atoms with Crippen molar-refractivity contribution in [2.45, 2.75) is 125 Å². The number of carbonyl (C=O) groups excluding carboxylic acids is 4. The number of halogens is 1. The minimum absolute atomic E-state index is 0.0552. The van der Waals surface area contributed by atoms with E-state index in [1.54, 1.807) is 29.0 Å². The third kappa shape index (κ3) is 8.00. The summed E-state index contributed by atoms with van der Waals surface area (Å²) in [6.07, 6.45) is 11.2. The fourth-order valence-electron chi connectivity index (χ4n) is 8.90. The molecule has 5 rings (SSSR count). The Bertz CT molecular complexity index is 1400. The summed E-state index contributed by atoms with van der Waals surface area (Å²) in [7, 11) is 1.71. The molecule has 4 aliphatic rings. The third-order valence-electron chi connectivity index (χ3n) is 11.6. The molecule has 3 amide bonds. The van der Waals surface area contributed by atoms with Crippen LogP contribution in [-0.2, 0) is 28.7 Å². The van der Waals surface area contributed by atoms with Crippen molar-refractivity contribution in [3.05, 3.63) is 61.2 Å². The molecule has 1 N–H and O–H groups in total. The summed E-state index contributed by atoms with van der Waals surface area (Å²) < 4.78 is 13.2. The van der Waals surface area contributed by atoms with Crippen LogP contribution in [0.3, 0.4) is 0 Å². The maximum absolute atomic E-state index is 14.9. The lowest BCUT2D eigenvalue weighted by Crippen LogP contribution is -2.58. The topological polar surface area (TPSA) is 117 Å². The fourth-order valence-corrected chi connectivity index (χ4v) is 9.84. The minimum atomic E-state index is -1.19. The number of alkyl halides is 1. The lowest BCUT2D eigenvalue weighted by molar-refractivity contribution is -0.164. The molecule has 3 heterocycles. The highest BCUT2D eigenvalue weighted by atomic mass is 79.9. The van der Waals surface area contributed by atoms with Gasteiger partial charge in [-0.15, -0.1) is 13.2 Å². The van der Waals surface area contributed by atoms with Gasteiger partial charge in [-0.1, -0.05) is 90.5 Å². The predicted molar refractivity (Wildman–Crippen MR) is 199 cm³/mol. The molecule has 1 saturated carbocycles. The maximum Gasteiger partial charge on any atom is 0.313 e. The van der Waals surface area contributed by atoms with Crippen LogP contribution in [0.15, 0.2) is 55.6 Å². The van der Waals surface area contributed by atoms with Gasteiger partial charge in [0.2, 0.25) is 17.7 Å². The van der Waals surface area contributed by atoms with Crippen LogP contribution in [0.5, 0.6) is 0 Å². The molecule has 0 aromatic heterocycles. The van der Waals surface area contributed by atoms with Crippen LogP contribution in [0, 0.1) is 11.8 Å². The van der Waals surface area contributed by atoms with Crippen molar-refractivity contribution in [2.24, 2.45) is 11.8 Å². The number of fused-ring (bicyclic) bond motifs is 1. The van der Waals surface area contributed by atoms with E-state index in [2.05, 4.69) is 29.1 Å². The molecule has 11 heteroatoms. The Morgan fingerprint density at radius 1 is 1.10 bits per heavy atom. The second kappa shape index (κ2) is 17.7. The standard InChI is InChI=1S/C40H56BrN3O7/c1-5-7-22-31(46)42(4)27(3)34(28-18-12-10-13-19-28)50-39(49)32-33-37(47)44(24-16-8-9-17-25-45)36(40(33)26-30(41)35(32)51-40)38(48)43(23-6-2)29-20-14-11-15-21-29/h5-6,10,12-13,18-19,27,29-30,32-36,45H,1-2,7-9,11,14-17,20-26H2,3-4H3/t27-,30?,32-,33+,34+,35-,36-,40+/m1/s1. The highest BCUT2D eigenvalue weighted by Gasteiger charge is 2.77. The van der Waals surface area contributed by atoms with Crippen molar-refractivity contribution in [1.29, 1.82) is 0 Å². The summed E-state index contributed by atoms with van der Waals surface area (Å²) in [5.74, 6) is -2.87. The zero-order valence-electron chi connectivity index (χ0n) is 30.3. The lowest BCUT2D eigenvalue weighted by atomic mass is 9.70. The largest absolute Gasteiger partial charge is 0.455 e. The van der Waals surface area contributed by atoms with E-state index in [0.29, 0.717) is 38.8 Å². The van der Waals surface area contributed by atoms with Crippen LogP contribution in [-0.4, -0.2) is 105 Å². The molecule has 1 aliphatic carbocycles. The van der Waals surface area contributed by atoms with E-state index in [-0.39, 0.29) is 41.6 Å². The molecule has 10 nitrogen and oxygen atoms in total. The second-order valence-electron chi connectivity index (χ2n) is 14.7. The number of aliphatic hydroxyl groups is 1. The Morgan fingerprint density at radius 3 is 2.47 bits per heavy atom. The van der Waals surface area contributed by atoms with Gasteiger partial charge in [-0.05, 0) is 51.0 Å². The summed E-state index contributed by atoms with van der Waals surface area (Å²) >= 11 is 3.80. The highest BCUT2D eigenvalue weighted by molar-refractivity contribution is 9.09. The van der Waals surface area contributed by atoms with Crippen molar-refractivity contribution in [2.75, 3.05) is 26.7 Å². The van der Waals surface area contributed by atoms with Crippen LogP contribution < -0.4 is 0 Å². The first-order valence-electron chi connectivity index (χ1n) is 18.9. The van der Waals surface area contributed by atoms with Gasteiger partial charge in [-0.25, -0.2) is 0 Å². The SMILES string of the molecule is C=CCCC(=O)N(C)[C@H](C)[C@H](OC(=O)[C@H]1[C@@H]2O[C@@]3(CC2Br)[C@@H]1C(=O)N(CCCCCCO)[C@@H]3C(=O)N(CC=C)C1CCCCC1)c1ccccc1. The van der Waals surface area contributed by atoms with E-state index < -0.39 is 47.7 Å². The predicted octanol–water partition coefficient (Wildman–Crippen LogP) is 5.73. The van der Waals surface area contributed by atoms with Crippen molar-refractivity contribution >= 4 is 39.6 Å². The number of esters is 1. The molecule has 4 fully saturated rings. The molecule has 1 unspecified atom stereocenters. The average Bonchev–Trinajstić information content (AvgIpc) is 3.74. The number of ether oxygens (including phenoxy) is 2. The van der Waals surface area contributed by atoms with Crippen LogP contribution in [0.25, 0.3) is 0 Å². The van der Waals surface area contributed by atoms with Crippen molar-refractivity contribution in [3.63, 3.8) is 0 Å². The number of rotatable bonds is 18. The molecule has 8 atom stereocenters. The Morgan fingerprint density at radius 2 is 1.80 bits per heavy atom. The van der Waals surface area contributed by atoms with Gasteiger partial charge in [-0.2, -0.15) is 0 Å². The zero-order valence-corrected chi connectivity index (χ0v) is 31.9. The average molecular weight is 771 g/mol. The highest BCUT2D eigenvalue weighted by Crippen LogP contribution is 2.60. The lowest BCUT2D eigenvalue weighted by Gasteiger charge is -2.41. The number of aliphatic hydroxyl groups excluding tert-OH is 1. The van der Waals surface area contributed by atoms with Crippen LogP contribution >= 0.6 is 15.9 Å². The molecule has 1 spiro atoms. The van der Waals surface area contributed by atoms with Gasteiger partial charge >= 0.3 is 5.97 Å². The number of hydrogen-bond donors (Lipinski definition) is 1. The number of unbranched alkanes of at least 4 members (excludes halogenated alkanes) is 3. The molecule has 1 aromatic rings. The first kappa shape index (κ1) is 39.2. The van der Waals surface area contributed by atoms with E-state index in [9.17, 15) is 24.3 Å². The van der Waals surface area contributed by atoms with Crippen LogP contribution in [0.2, 0.25) is 0 Å². The monoisotopic (exact) mass is 769 g/mol. The van der Waals surface area contributed by atoms with Crippen molar-refractivity contribution < 1.29 is 33.8 Å². The summed E-state index contributed by atoms with van der Waals surface area (Å²) in [5.41, 5.74) is -0.458. The number of likely N-dealkylation sites (N-methyl/N-ethyl adjacent to an activating group) is 1. The first-order valence-corrected chi connectivity index (χ1v) is 19.8. The van der Waals surface area contributed by atoms with Gasteiger partial charge in [0.05, 0.1) is 24.0 Å². The smallest absolute Gasteiger partial charge is 0.313 e. The van der Waals surface area contributed by atoms with Crippen molar-refractivity contribution in [1.82, 2.24) is 14.7 Å². The Labute approximate surface area is 311 Å². The number of amides is 3. The van der Waals surface area contributed by atoms with Gasteiger partial charge in [0, 0.05) is 44.0 Å². The molecule has 0 radical (unpaired) electrons. The molecule has 2 bridgehead atoms. The van der Waals surface area contributed by atoms with Gasteiger partial charge in [0.25, 0.3) is 0 Å². The van der Waals surface area contributed by atoms with Gasteiger partial charge in [0.15, 0.2) is 0 Å². The van der Waals surface area contributed by atoms with Gasteiger partial charge < -0.3 is 29.3 Å². The van der Waals surface area contributed by atoms with Crippen LogP contribution in [0.4, 0.5) is 0 Å². The Hall–Kier alpha value is -3.02. The van der Waals surface area contributed by atoms with Gasteiger partial charge in [0.1, 0.15) is 17.7 Å². The van der Waals surface area contributed by atoms with E-state index >= 15 is 0 Å². The van der Waals surface area contributed by atoms with E-state index in [1.807, 2.05) is 42.2 Å². The number of carbonyl (C=O) groups is 4. The van der Waals surface area contributed by atoms with E-state index in [0.717, 1.165) is 50.5 Å². The molecule has 51 heavy (non-hydrogen) atoms. The first-order chi connectivity index (χ1) is 24.6. The van der Waals surface area contributed by atoms with E-state index in [4.69, 9.17) is 9.47 Å². The summed E-state index contributed by atoms with van der Waals surface area (Å²) in [4.78, 5) is 62.2. The van der Waals surface area contributed by atoms with Gasteiger partial charge in [-0.3, -0.25) is 19.2 Å². The summed E-state index contributed by atoms with van der Waals surface area (Å²) in [5, 5.41) is 9.31. The number of nitrogens with zero attached hydrogens (tertiary/aromatic N) is 3. The number of benzene rings is 1. The third-order valence-corrected chi connectivity index (χ3v) is 12.4. The van der Waals surface area contributed by atoms with Crippen molar-refractivity contribution in [3.8, 4) is 0 Å². The minimum Gasteiger partial charge on any atom is -0.455 e. The molecule has 280 valence electrons. The van der Waals surface area contributed by atoms with Crippen LogP contribution in [0.1, 0.15) is 95.6 Å². The zero-order chi connectivity index (χ0) is 36.7. The fraction of sp³-hybridized carbons (Fsp3) is 0.650. The van der Waals surface area contributed by atoms with E-state index in [1.165, 1.54) is 0 Å². The molecule has 1 aromatic carbocycles. The molecule has 3 saturated heterocycles. The molecule has 3 aliphatic heterocycles. The second-order valence-corrected chi connectivity index (χ2v) is 15.9. The Kier molecular flexibility index (Phi) is 13.6.